The summed E-state index contributed by atoms with van der Waals surface area (Å²) < 4.78 is 2.64. The van der Waals surface area contributed by atoms with Crippen LogP contribution in [0.4, 0.5) is 5.82 Å². The average Bonchev–Trinajstić information content (AvgIpc) is 2.98. The van der Waals surface area contributed by atoms with Gasteiger partial charge in [-0.3, -0.25) is 0 Å². The van der Waals surface area contributed by atoms with Crippen molar-refractivity contribution in [3.05, 3.63) is 53.4 Å². The van der Waals surface area contributed by atoms with Gasteiger partial charge in [0.25, 0.3) is 0 Å². The van der Waals surface area contributed by atoms with E-state index >= 15 is 0 Å². The van der Waals surface area contributed by atoms with Crippen LogP contribution in [-0.2, 0) is 0 Å². The lowest BCUT2D eigenvalue weighted by atomic mass is 10.3. The van der Waals surface area contributed by atoms with Crippen LogP contribution in [0.2, 0.25) is 0 Å². The summed E-state index contributed by atoms with van der Waals surface area (Å²) in [6.07, 6.45) is 5.40. The zero-order valence-electron chi connectivity index (χ0n) is 10.8. The fraction of sp³-hybridized carbons (Fsp3) is 0.0714. The molecule has 0 unspecified atom stereocenters. The van der Waals surface area contributed by atoms with Gasteiger partial charge in [0.05, 0.1) is 21.9 Å². The monoisotopic (exact) mass is 329 g/mol. The number of anilines is 1. The van der Waals surface area contributed by atoms with Crippen LogP contribution in [-0.4, -0.2) is 26.8 Å². The molecule has 0 saturated carbocycles. The Labute approximate surface area is 124 Å². The summed E-state index contributed by atoms with van der Waals surface area (Å²) in [6, 6.07) is 9.93. The Hall–Kier alpha value is -2.21. The van der Waals surface area contributed by atoms with Crippen molar-refractivity contribution in [1.82, 2.24) is 19.7 Å². The van der Waals surface area contributed by atoms with Gasteiger partial charge in [-0.15, -0.1) is 0 Å². The van der Waals surface area contributed by atoms with Crippen molar-refractivity contribution in [1.29, 1.82) is 0 Å². The van der Waals surface area contributed by atoms with E-state index in [0.717, 1.165) is 21.5 Å². The van der Waals surface area contributed by atoms with Crippen LogP contribution in [0.25, 0.3) is 17.1 Å². The highest BCUT2D eigenvalue weighted by atomic mass is 79.9. The fourth-order valence-corrected chi connectivity index (χ4v) is 2.23. The maximum atomic E-state index is 4.45. The number of para-hydroxylation sites is 1. The van der Waals surface area contributed by atoms with E-state index in [1.807, 2.05) is 43.6 Å². The number of nitrogens with one attached hydrogen (secondary N) is 1. The Morgan fingerprint density at radius 1 is 1.15 bits per heavy atom. The summed E-state index contributed by atoms with van der Waals surface area (Å²) >= 11 is 3.40. The van der Waals surface area contributed by atoms with Crippen molar-refractivity contribution in [3.63, 3.8) is 0 Å². The first-order valence-electron chi connectivity index (χ1n) is 6.08. The third-order valence-corrected chi connectivity index (χ3v) is 3.42. The molecule has 6 heteroatoms. The first kappa shape index (κ1) is 12.8. The summed E-state index contributed by atoms with van der Waals surface area (Å²) in [4.78, 5) is 8.76. The lowest BCUT2D eigenvalue weighted by Crippen LogP contribution is -1.97. The van der Waals surface area contributed by atoms with Crippen molar-refractivity contribution in [2.75, 3.05) is 12.4 Å². The topological polar surface area (TPSA) is 55.6 Å². The first-order valence-corrected chi connectivity index (χ1v) is 6.88. The molecule has 2 aromatic heterocycles. The molecule has 0 radical (unpaired) electrons. The average molecular weight is 330 g/mol. The van der Waals surface area contributed by atoms with Gasteiger partial charge in [-0.05, 0) is 28.1 Å². The highest BCUT2D eigenvalue weighted by Gasteiger charge is 2.08. The van der Waals surface area contributed by atoms with E-state index in [2.05, 4.69) is 36.3 Å². The van der Waals surface area contributed by atoms with Crippen molar-refractivity contribution in [2.45, 2.75) is 0 Å². The minimum Gasteiger partial charge on any atom is -0.372 e. The van der Waals surface area contributed by atoms with E-state index in [4.69, 9.17) is 0 Å². The molecule has 1 N–H and O–H groups in total. The molecule has 0 bridgehead atoms. The molecule has 1 aromatic carbocycles. The van der Waals surface area contributed by atoms with E-state index in [0.29, 0.717) is 5.82 Å². The molecule has 0 aliphatic carbocycles. The Morgan fingerprint density at radius 3 is 2.70 bits per heavy atom. The molecule has 0 saturated heterocycles. The van der Waals surface area contributed by atoms with Gasteiger partial charge in [-0.2, -0.15) is 5.10 Å². The molecule has 0 atom stereocenters. The van der Waals surface area contributed by atoms with Gasteiger partial charge >= 0.3 is 0 Å². The van der Waals surface area contributed by atoms with Crippen LogP contribution in [0.1, 0.15) is 0 Å². The van der Waals surface area contributed by atoms with Gasteiger partial charge in [0.15, 0.2) is 5.82 Å². The summed E-state index contributed by atoms with van der Waals surface area (Å²) in [6.45, 7) is 0. The minimum absolute atomic E-state index is 0.639. The number of hydrogen-bond acceptors (Lipinski definition) is 4. The largest absolute Gasteiger partial charge is 0.372 e. The second kappa shape index (κ2) is 5.42. The van der Waals surface area contributed by atoms with Gasteiger partial charge in [-0.1, -0.05) is 18.2 Å². The van der Waals surface area contributed by atoms with Crippen LogP contribution >= 0.6 is 15.9 Å². The quantitative estimate of drug-likeness (QED) is 0.802. The Balaban J connectivity index is 1.98. The van der Waals surface area contributed by atoms with Gasteiger partial charge < -0.3 is 5.32 Å². The summed E-state index contributed by atoms with van der Waals surface area (Å²) in [5.74, 6) is 1.39. The highest BCUT2D eigenvalue weighted by Crippen LogP contribution is 2.23. The number of benzene rings is 1. The van der Waals surface area contributed by atoms with Gasteiger partial charge in [0.2, 0.25) is 0 Å². The van der Waals surface area contributed by atoms with Crippen LogP contribution in [0.15, 0.2) is 53.4 Å². The molecule has 0 spiro atoms. The van der Waals surface area contributed by atoms with E-state index < -0.39 is 0 Å². The molecule has 3 rings (SSSR count). The normalized spacial score (nSPS) is 10.5. The predicted octanol–water partition coefficient (Wildman–Crippen LogP) is 3.13. The third-order valence-electron chi connectivity index (χ3n) is 2.84. The minimum atomic E-state index is 0.639. The predicted molar refractivity (Wildman–Crippen MR) is 81.8 cm³/mol. The Kier molecular flexibility index (Phi) is 3.47. The Bertz CT molecular complexity index is 723. The molecular weight excluding hydrogens is 318 g/mol. The molecule has 100 valence electrons. The molecule has 5 nitrogen and oxygen atoms in total. The standard InChI is InChI=1S/C14H12BrN5/c1-16-14-12(15)8-17-13(19-14)10-7-18-20(9-10)11-5-3-2-4-6-11/h2-9H,1H3,(H,16,17,19). The highest BCUT2D eigenvalue weighted by molar-refractivity contribution is 9.10. The van der Waals surface area contributed by atoms with Crippen molar-refractivity contribution >= 4 is 21.7 Å². The van der Waals surface area contributed by atoms with E-state index in [9.17, 15) is 0 Å². The van der Waals surface area contributed by atoms with Crippen molar-refractivity contribution < 1.29 is 0 Å². The van der Waals surface area contributed by atoms with Gasteiger partial charge in [0.1, 0.15) is 5.82 Å². The Morgan fingerprint density at radius 2 is 1.95 bits per heavy atom. The smallest absolute Gasteiger partial charge is 0.164 e. The SMILES string of the molecule is CNc1nc(-c2cnn(-c3ccccc3)c2)ncc1Br. The summed E-state index contributed by atoms with van der Waals surface area (Å²) in [5, 5.41) is 7.36. The van der Waals surface area contributed by atoms with Crippen LogP contribution in [0.3, 0.4) is 0 Å². The van der Waals surface area contributed by atoms with E-state index in [-0.39, 0.29) is 0 Å². The van der Waals surface area contributed by atoms with Crippen molar-refractivity contribution in [2.24, 2.45) is 0 Å². The van der Waals surface area contributed by atoms with E-state index in [1.54, 1.807) is 17.1 Å². The number of hydrogen-bond donors (Lipinski definition) is 1. The first-order chi connectivity index (χ1) is 9.78. The molecule has 0 amide bonds. The molecule has 0 aliphatic rings. The molecule has 0 aliphatic heterocycles. The number of halogens is 1. The molecule has 20 heavy (non-hydrogen) atoms. The lowest BCUT2D eigenvalue weighted by molar-refractivity contribution is 0.880. The second-order valence-electron chi connectivity index (χ2n) is 4.15. The van der Waals surface area contributed by atoms with Crippen LogP contribution in [0, 0.1) is 0 Å². The molecule has 3 aromatic rings. The van der Waals surface area contributed by atoms with E-state index in [1.165, 1.54) is 0 Å². The summed E-state index contributed by atoms with van der Waals surface area (Å²) in [5.41, 5.74) is 1.88. The zero-order chi connectivity index (χ0) is 13.9. The second-order valence-corrected chi connectivity index (χ2v) is 5.00. The maximum absolute atomic E-state index is 4.45. The van der Waals surface area contributed by atoms with Crippen molar-refractivity contribution in [3.8, 4) is 17.1 Å². The maximum Gasteiger partial charge on any atom is 0.164 e. The molecular formula is C14H12BrN5. The lowest BCUT2D eigenvalue weighted by Gasteiger charge is -2.03. The number of nitrogens with zero attached hydrogens (tertiary/aromatic N) is 4. The number of aromatic nitrogens is 4. The zero-order valence-corrected chi connectivity index (χ0v) is 12.4. The molecule has 2 heterocycles. The summed E-state index contributed by atoms with van der Waals surface area (Å²) in [7, 11) is 1.82. The van der Waals surface area contributed by atoms with Gasteiger partial charge in [-0.25, -0.2) is 14.6 Å². The van der Waals surface area contributed by atoms with Crippen LogP contribution in [0.5, 0.6) is 0 Å². The fourth-order valence-electron chi connectivity index (χ4n) is 1.84. The molecule has 0 fully saturated rings. The van der Waals surface area contributed by atoms with Gasteiger partial charge in [0, 0.05) is 19.4 Å². The van der Waals surface area contributed by atoms with Crippen LogP contribution < -0.4 is 5.32 Å². The number of rotatable bonds is 3. The third kappa shape index (κ3) is 2.42.